The molecule has 2 atom stereocenters. The molecule has 0 aromatic carbocycles. The number of nitrogens with two attached hydrogens (primary N) is 2. The van der Waals surface area contributed by atoms with Gasteiger partial charge in [-0.2, -0.15) is 5.10 Å². The summed E-state index contributed by atoms with van der Waals surface area (Å²) in [5, 5.41) is 6.74. The van der Waals surface area contributed by atoms with Gasteiger partial charge in [-0.25, -0.2) is 0 Å². The van der Waals surface area contributed by atoms with E-state index in [9.17, 15) is 9.59 Å². The molecule has 104 valence electrons. The molecule has 7 heteroatoms. The Morgan fingerprint density at radius 1 is 1.47 bits per heavy atom. The highest BCUT2D eigenvalue weighted by molar-refractivity contribution is 5.89. The van der Waals surface area contributed by atoms with Gasteiger partial charge in [0, 0.05) is 24.7 Å². The van der Waals surface area contributed by atoms with Crippen LogP contribution in [-0.4, -0.2) is 27.6 Å². The summed E-state index contributed by atoms with van der Waals surface area (Å²) in [7, 11) is 0. The Morgan fingerprint density at radius 2 is 2.26 bits per heavy atom. The molecule has 2 rings (SSSR count). The number of rotatable bonds is 5. The van der Waals surface area contributed by atoms with Crippen LogP contribution in [0.2, 0.25) is 0 Å². The Bertz CT molecular complexity index is 470. The van der Waals surface area contributed by atoms with E-state index in [0.29, 0.717) is 12.2 Å². The van der Waals surface area contributed by atoms with Gasteiger partial charge in [-0.1, -0.05) is 6.42 Å². The van der Waals surface area contributed by atoms with E-state index in [2.05, 4.69) is 10.4 Å². The molecule has 0 radical (unpaired) electrons. The van der Waals surface area contributed by atoms with E-state index >= 15 is 0 Å². The molecule has 0 saturated heterocycles. The standard InChI is InChI=1S/C12H19N5O2/c13-9-3-1-2-8(9)6-12(19)15-11-4-5-17(16-11)7-10(14)18/h4-5,8-9H,1-3,6-7,13H2,(H2,14,18)(H,15,16,19)/t8-,9+/m0/s1. The maximum atomic E-state index is 11.8. The molecule has 5 N–H and O–H groups in total. The van der Waals surface area contributed by atoms with E-state index in [1.807, 2.05) is 0 Å². The topological polar surface area (TPSA) is 116 Å². The normalized spacial score (nSPS) is 22.4. The Kier molecular flexibility index (Phi) is 4.16. The van der Waals surface area contributed by atoms with Crippen molar-refractivity contribution in [2.75, 3.05) is 5.32 Å². The molecule has 2 amide bonds. The second-order valence-electron chi connectivity index (χ2n) is 4.97. The maximum Gasteiger partial charge on any atom is 0.239 e. The van der Waals surface area contributed by atoms with Crippen molar-refractivity contribution in [1.29, 1.82) is 0 Å². The molecule has 0 unspecified atom stereocenters. The number of hydrogen-bond donors (Lipinski definition) is 3. The van der Waals surface area contributed by atoms with Crippen molar-refractivity contribution < 1.29 is 9.59 Å². The van der Waals surface area contributed by atoms with Gasteiger partial charge in [0.2, 0.25) is 11.8 Å². The third-order valence-electron chi connectivity index (χ3n) is 3.39. The van der Waals surface area contributed by atoms with Gasteiger partial charge >= 0.3 is 0 Å². The Labute approximate surface area is 111 Å². The van der Waals surface area contributed by atoms with Crippen molar-refractivity contribution >= 4 is 17.6 Å². The number of hydrogen-bond acceptors (Lipinski definition) is 4. The summed E-state index contributed by atoms with van der Waals surface area (Å²) in [6.07, 6.45) is 5.10. The van der Waals surface area contributed by atoms with Crippen LogP contribution >= 0.6 is 0 Å². The van der Waals surface area contributed by atoms with E-state index in [-0.39, 0.29) is 24.4 Å². The molecule has 1 aliphatic carbocycles. The summed E-state index contributed by atoms with van der Waals surface area (Å²) in [5.41, 5.74) is 11.0. The van der Waals surface area contributed by atoms with Crippen molar-refractivity contribution in [2.24, 2.45) is 17.4 Å². The van der Waals surface area contributed by atoms with Crippen LogP contribution in [0.15, 0.2) is 12.3 Å². The predicted octanol–water partition coefficient (Wildman–Crippen LogP) is -0.176. The molecule has 1 fully saturated rings. The minimum Gasteiger partial charge on any atom is -0.368 e. The van der Waals surface area contributed by atoms with Gasteiger partial charge in [-0.3, -0.25) is 14.3 Å². The van der Waals surface area contributed by atoms with Crippen LogP contribution in [-0.2, 0) is 16.1 Å². The zero-order valence-corrected chi connectivity index (χ0v) is 10.7. The highest BCUT2D eigenvalue weighted by atomic mass is 16.2. The maximum absolute atomic E-state index is 11.8. The van der Waals surface area contributed by atoms with Crippen LogP contribution in [0.5, 0.6) is 0 Å². The second-order valence-corrected chi connectivity index (χ2v) is 4.97. The van der Waals surface area contributed by atoms with Crippen molar-refractivity contribution in [1.82, 2.24) is 9.78 Å². The first-order valence-corrected chi connectivity index (χ1v) is 6.42. The van der Waals surface area contributed by atoms with Crippen LogP contribution < -0.4 is 16.8 Å². The number of carbonyl (C=O) groups is 2. The average molecular weight is 265 g/mol. The third-order valence-corrected chi connectivity index (χ3v) is 3.39. The number of aromatic nitrogens is 2. The number of anilines is 1. The van der Waals surface area contributed by atoms with Gasteiger partial charge < -0.3 is 16.8 Å². The fourth-order valence-electron chi connectivity index (χ4n) is 2.43. The molecule has 19 heavy (non-hydrogen) atoms. The first-order valence-electron chi connectivity index (χ1n) is 6.42. The average Bonchev–Trinajstić information content (AvgIpc) is 2.89. The van der Waals surface area contributed by atoms with E-state index < -0.39 is 5.91 Å². The Hall–Kier alpha value is -1.89. The molecule has 1 saturated carbocycles. The predicted molar refractivity (Wildman–Crippen MR) is 70.0 cm³/mol. The molecule has 7 nitrogen and oxygen atoms in total. The molecule has 1 aromatic heterocycles. The van der Waals surface area contributed by atoms with E-state index in [1.165, 1.54) is 4.68 Å². The van der Waals surface area contributed by atoms with E-state index in [4.69, 9.17) is 11.5 Å². The molecule has 0 bridgehead atoms. The third kappa shape index (κ3) is 3.78. The number of amides is 2. The smallest absolute Gasteiger partial charge is 0.239 e. The molecule has 1 aliphatic rings. The van der Waals surface area contributed by atoms with E-state index in [1.54, 1.807) is 12.3 Å². The monoisotopic (exact) mass is 265 g/mol. The van der Waals surface area contributed by atoms with Crippen molar-refractivity contribution in [3.63, 3.8) is 0 Å². The number of nitrogens with one attached hydrogen (secondary N) is 1. The largest absolute Gasteiger partial charge is 0.368 e. The molecular formula is C12H19N5O2. The second kappa shape index (κ2) is 5.83. The van der Waals surface area contributed by atoms with Gasteiger partial charge in [-0.05, 0) is 18.8 Å². The summed E-state index contributed by atoms with van der Waals surface area (Å²) < 4.78 is 1.39. The lowest BCUT2D eigenvalue weighted by atomic mass is 10.00. The lowest BCUT2D eigenvalue weighted by molar-refractivity contribution is -0.119. The van der Waals surface area contributed by atoms with Gasteiger partial charge in [0.05, 0.1) is 0 Å². The lowest BCUT2D eigenvalue weighted by Crippen LogP contribution is -2.28. The lowest BCUT2D eigenvalue weighted by Gasteiger charge is -2.13. The molecule has 0 aliphatic heterocycles. The van der Waals surface area contributed by atoms with Crippen LogP contribution in [0.4, 0.5) is 5.82 Å². The Morgan fingerprint density at radius 3 is 2.89 bits per heavy atom. The minimum atomic E-state index is -0.474. The van der Waals surface area contributed by atoms with Gasteiger partial charge in [0.15, 0.2) is 5.82 Å². The first kappa shape index (κ1) is 13.5. The van der Waals surface area contributed by atoms with E-state index in [0.717, 1.165) is 19.3 Å². The van der Waals surface area contributed by atoms with Gasteiger partial charge in [0.1, 0.15) is 6.54 Å². The number of carbonyl (C=O) groups excluding carboxylic acids is 2. The molecule has 0 spiro atoms. The minimum absolute atomic E-state index is 0.00334. The highest BCUT2D eigenvalue weighted by Crippen LogP contribution is 2.26. The molecule has 1 aromatic rings. The zero-order valence-electron chi connectivity index (χ0n) is 10.7. The van der Waals surface area contributed by atoms with Crippen molar-refractivity contribution in [3.8, 4) is 0 Å². The Balaban J connectivity index is 1.84. The number of primary amides is 1. The van der Waals surface area contributed by atoms with Crippen molar-refractivity contribution in [2.45, 2.75) is 38.3 Å². The summed E-state index contributed by atoms with van der Waals surface area (Å²) in [6, 6.07) is 1.76. The van der Waals surface area contributed by atoms with Crippen molar-refractivity contribution in [3.05, 3.63) is 12.3 Å². The fourth-order valence-corrected chi connectivity index (χ4v) is 2.43. The summed E-state index contributed by atoms with van der Waals surface area (Å²) >= 11 is 0. The zero-order chi connectivity index (χ0) is 13.8. The fraction of sp³-hybridized carbons (Fsp3) is 0.583. The summed E-state index contributed by atoms with van der Waals surface area (Å²) in [4.78, 5) is 22.6. The van der Waals surface area contributed by atoms with Crippen LogP contribution in [0.1, 0.15) is 25.7 Å². The van der Waals surface area contributed by atoms with Gasteiger partial charge in [-0.15, -0.1) is 0 Å². The summed E-state index contributed by atoms with van der Waals surface area (Å²) in [6.45, 7) is 0.00334. The van der Waals surface area contributed by atoms with Crippen LogP contribution in [0.3, 0.4) is 0 Å². The summed E-state index contributed by atoms with van der Waals surface area (Å²) in [5.74, 6) is 0.120. The van der Waals surface area contributed by atoms with Gasteiger partial charge in [0.25, 0.3) is 0 Å². The molecule has 1 heterocycles. The SMILES string of the molecule is NC(=O)Cn1ccc(NC(=O)C[C@@H]2CCC[C@H]2N)n1. The highest BCUT2D eigenvalue weighted by Gasteiger charge is 2.26. The quantitative estimate of drug-likeness (QED) is 0.685. The van der Waals surface area contributed by atoms with Crippen LogP contribution in [0.25, 0.3) is 0 Å². The first-order chi connectivity index (χ1) is 9.04. The molecular weight excluding hydrogens is 246 g/mol. The van der Waals surface area contributed by atoms with Crippen LogP contribution in [0, 0.1) is 5.92 Å². The number of nitrogens with zero attached hydrogens (tertiary/aromatic N) is 2.